The molecular formula is C20H25N3O4. The third kappa shape index (κ3) is 3.88. The number of hydrogen-bond donors (Lipinski definition) is 2. The highest BCUT2D eigenvalue weighted by molar-refractivity contribution is 6.16. The zero-order valence-corrected chi connectivity index (χ0v) is 15.9. The molecule has 1 saturated heterocycles. The van der Waals surface area contributed by atoms with Crippen molar-refractivity contribution >= 4 is 17.5 Å². The Labute approximate surface area is 158 Å². The maximum atomic E-state index is 12.6. The Hall–Kier alpha value is -2.67. The zero-order valence-electron chi connectivity index (χ0n) is 15.9. The number of oxazole rings is 1. The van der Waals surface area contributed by atoms with Crippen molar-refractivity contribution in [1.29, 1.82) is 0 Å². The van der Waals surface area contributed by atoms with Gasteiger partial charge in [0.25, 0.3) is 11.8 Å². The summed E-state index contributed by atoms with van der Waals surface area (Å²) in [5.41, 5.74) is -1.51. The summed E-state index contributed by atoms with van der Waals surface area (Å²) in [5.74, 6) is -0.00585. The van der Waals surface area contributed by atoms with E-state index in [4.69, 9.17) is 4.42 Å². The molecule has 0 bridgehead atoms. The average molecular weight is 371 g/mol. The molecule has 27 heavy (non-hydrogen) atoms. The number of aromatic nitrogens is 1. The number of rotatable bonds is 5. The van der Waals surface area contributed by atoms with E-state index in [1.807, 2.05) is 39.0 Å². The largest absolute Gasteiger partial charge is 0.445 e. The van der Waals surface area contributed by atoms with Crippen molar-refractivity contribution in [3.63, 3.8) is 0 Å². The Kier molecular flexibility index (Phi) is 5.06. The number of hydrogen-bond acceptors (Lipinski definition) is 5. The smallest absolute Gasteiger partial charge is 0.268 e. The monoisotopic (exact) mass is 371 g/mol. The first-order valence-corrected chi connectivity index (χ1v) is 9.05. The molecule has 2 heterocycles. The highest BCUT2D eigenvalue weighted by atomic mass is 16.4. The van der Waals surface area contributed by atoms with Crippen LogP contribution in [0.2, 0.25) is 0 Å². The van der Waals surface area contributed by atoms with E-state index in [0.29, 0.717) is 24.5 Å². The van der Waals surface area contributed by atoms with E-state index < -0.39 is 17.4 Å². The molecule has 1 fully saturated rings. The van der Waals surface area contributed by atoms with E-state index >= 15 is 0 Å². The summed E-state index contributed by atoms with van der Waals surface area (Å²) in [6.07, 6.45) is 2.12. The van der Waals surface area contributed by atoms with Crippen LogP contribution in [-0.4, -0.2) is 40.6 Å². The third-order valence-electron chi connectivity index (χ3n) is 4.66. The molecule has 1 aromatic heterocycles. The molecule has 144 valence electrons. The maximum Gasteiger partial charge on any atom is 0.268 e. The van der Waals surface area contributed by atoms with Gasteiger partial charge in [0.1, 0.15) is 5.76 Å². The van der Waals surface area contributed by atoms with Gasteiger partial charge in [-0.25, -0.2) is 4.98 Å². The van der Waals surface area contributed by atoms with Crippen LogP contribution in [0.4, 0.5) is 5.69 Å². The highest BCUT2D eigenvalue weighted by Crippen LogP contribution is 2.28. The number of carbonyl (C=O) groups excluding carboxylic acids is 2. The molecule has 7 heteroatoms. The quantitative estimate of drug-likeness (QED) is 0.782. The second-order valence-corrected chi connectivity index (χ2v) is 7.78. The Morgan fingerprint density at radius 1 is 1.33 bits per heavy atom. The van der Waals surface area contributed by atoms with Gasteiger partial charge in [-0.2, -0.15) is 0 Å². The SMILES string of the molecule is CC(C)(C)c1cnc(CCNC(=O)C2(O)CCN(c3ccccc3)C2=O)o1. The van der Waals surface area contributed by atoms with Gasteiger partial charge in [0, 0.05) is 37.0 Å². The Morgan fingerprint density at radius 2 is 2.04 bits per heavy atom. The van der Waals surface area contributed by atoms with Gasteiger partial charge in [0.2, 0.25) is 5.60 Å². The first kappa shape index (κ1) is 19.1. The second kappa shape index (κ2) is 7.15. The molecule has 1 unspecified atom stereocenters. The lowest BCUT2D eigenvalue weighted by atomic mass is 9.94. The molecule has 0 radical (unpaired) electrons. The highest BCUT2D eigenvalue weighted by Gasteiger charge is 2.51. The molecule has 0 aliphatic carbocycles. The molecule has 2 amide bonds. The number of carbonyl (C=O) groups is 2. The minimum Gasteiger partial charge on any atom is -0.445 e. The van der Waals surface area contributed by atoms with Crippen molar-refractivity contribution in [2.75, 3.05) is 18.0 Å². The van der Waals surface area contributed by atoms with E-state index in [1.165, 1.54) is 4.90 Å². The fraction of sp³-hybridized carbons (Fsp3) is 0.450. The molecule has 1 atom stereocenters. The van der Waals surface area contributed by atoms with Crippen LogP contribution in [0.5, 0.6) is 0 Å². The fourth-order valence-electron chi connectivity index (χ4n) is 2.97. The van der Waals surface area contributed by atoms with Gasteiger partial charge in [0.05, 0.1) is 6.20 Å². The van der Waals surface area contributed by atoms with Gasteiger partial charge in [-0.15, -0.1) is 0 Å². The Morgan fingerprint density at radius 3 is 2.67 bits per heavy atom. The molecule has 1 aliphatic rings. The van der Waals surface area contributed by atoms with Crippen molar-refractivity contribution in [2.45, 2.75) is 44.6 Å². The van der Waals surface area contributed by atoms with Gasteiger partial charge in [-0.05, 0) is 12.1 Å². The molecular weight excluding hydrogens is 346 g/mol. The number of nitrogens with one attached hydrogen (secondary N) is 1. The number of amides is 2. The molecule has 3 rings (SSSR count). The number of nitrogens with zero attached hydrogens (tertiary/aromatic N) is 2. The van der Waals surface area contributed by atoms with Crippen LogP contribution in [0.25, 0.3) is 0 Å². The van der Waals surface area contributed by atoms with Crippen LogP contribution in [-0.2, 0) is 21.4 Å². The van der Waals surface area contributed by atoms with Gasteiger partial charge >= 0.3 is 0 Å². The standard InChI is InChI=1S/C20H25N3O4/c1-19(2,3)15-13-22-16(27-15)9-11-21-17(24)20(26)10-12-23(18(20)25)14-7-5-4-6-8-14/h4-8,13,26H,9-12H2,1-3H3,(H,21,24). The van der Waals surface area contributed by atoms with E-state index in [-0.39, 0.29) is 18.4 Å². The molecule has 0 spiro atoms. The minimum absolute atomic E-state index is 0.0553. The summed E-state index contributed by atoms with van der Waals surface area (Å²) in [4.78, 5) is 30.7. The van der Waals surface area contributed by atoms with E-state index in [9.17, 15) is 14.7 Å². The van der Waals surface area contributed by atoms with Crippen LogP contribution < -0.4 is 10.2 Å². The minimum atomic E-state index is -2.04. The van der Waals surface area contributed by atoms with Crippen LogP contribution in [0.15, 0.2) is 40.9 Å². The zero-order chi connectivity index (χ0) is 19.7. The van der Waals surface area contributed by atoms with Crippen molar-refractivity contribution < 1.29 is 19.1 Å². The number of aliphatic hydroxyl groups is 1. The first-order chi connectivity index (χ1) is 12.7. The van der Waals surface area contributed by atoms with Crippen LogP contribution >= 0.6 is 0 Å². The number of anilines is 1. The fourth-order valence-corrected chi connectivity index (χ4v) is 2.97. The van der Waals surface area contributed by atoms with E-state index in [2.05, 4.69) is 10.3 Å². The summed E-state index contributed by atoms with van der Waals surface area (Å²) >= 11 is 0. The van der Waals surface area contributed by atoms with Gasteiger partial charge in [0.15, 0.2) is 5.89 Å². The van der Waals surface area contributed by atoms with E-state index in [1.54, 1.807) is 18.3 Å². The average Bonchev–Trinajstić information content (AvgIpc) is 3.22. The van der Waals surface area contributed by atoms with Gasteiger partial charge in [-0.1, -0.05) is 39.0 Å². The third-order valence-corrected chi connectivity index (χ3v) is 4.66. The van der Waals surface area contributed by atoms with Gasteiger partial charge in [-0.3, -0.25) is 9.59 Å². The summed E-state index contributed by atoms with van der Waals surface area (Å²) in [7, 11) is 0. The summed E-state index contributed by atoms with van der Waals surface area (Å²) in [5, 5.41) is 13.3. The summed E-state index contributed by atoms with van der Waals surface area (Å²) in [6.45, 7) is 6.60. The lowest BCUT2D eigenvalue weighted by molar-refractivity contribution is -0.149. The van der Waals surface area contributed by atoms with Crippen molar-refractivity contribution in [1.82, 2.24) is 10.3 Å². The molecule has 2 aromatic rings. The normalized spacial score (nSPS) is 20.1. The summed E-state index contributed by atoms with van der Waals surface area (Å²) in [6, 6.07) is 9.01. The lowest BCUT2D eigenvalue weighted by Gasteiger charge is -2.21. The predicted molar refractivity (Wildman–Crippen MR) is 100 cm³/mol. The topological polar surface area (TPSA) is 95.7 Å². The molecule has 1 aromatic carbocycles. The van der Waals surface area contributed by atoms with Gasteiger partial charge < -0.3 is 19.7 Å². The van der Waals surface area contributed by atoms with Crippen LogP contribution in [0.1, 0.15) is 38.8 Å². The number of benzene rings is 1. The van der Waals surface area contributed by atoms with Crippen molar-refractivity contribution in [3.8, 4) is 0 Å². The molecule has 7 nitrogen and oxygen atoms in total. The van der Waals surface area contributed by atoms with Crippen LogP contribution in [0.3, 0.4) is 0 Å². The van der Waals surface area contributed by atoms with Crippen LogP contribution in [0, 0.1) is 0 Å². The Balaban J connectivity index is 1.58. The predicted octanol–water partition coefficient (Wildman–Crippen LogP) is 1.80. The maximum absolute atomic E-state index is 12.6. The second-order valence-electron chi connectivity index (χ2n) is 7.78. The van der Waals surface area contributed by atoms with Crippen molar-refractivity contribution in [2.24, 2.45) is 0 Å². The Bertz CT molecular complexity index is 825. The lowest BCUT2D eigenvalue weighted by Crippen LogP contribution is -2.52. The summed E-state index contributed by atoms with van der Waals surface area (Å²) < 4.78 is 5.68. The number of para-hydroxylation sites is 1. The van der Waals surface area contributed by atoms with E-state index in [0.717, 1.165) is 5.76 Å². The van der Waals surface area contributed by atoms with Crippen molar-refractivity contribution in [3.05, 3.63) is 48.2 Å². The first-order valence-electron chi connectivity index (χ1n) is 9.05. The molecule has 2 N–H and O–H groups in total. The molecule has 0 saturated carbocycles. The molecule has 1 aliphatic heterocycles.